The van der Waals surface area contributed by atoms with Crippen molar-refractivity contribution in [3.8, 4) is 0 Å². The normalized spacial score (nSPS) is 12.8. The van der Waals surface area contributed by atoms with Crippen LogP contribution in [0.25, 0.3) is 0 Å². The smallest absolute Gasteiger partial charge is 0.114 e. The van der Waals surface area contributed by atoms with E-state index in [1.807, 2.05) is 0 Å². The van der Waals surface area contributed by atoms with Gasteiger partial charge in [-0.15, -0.1) is 11.3 Å². The van der Waals surface area contributed by atoms with Crippen molar-refractivity contribution < 1.29 is 0 Å². The maximum Gasteiger partial charge on any atom is 0.114 e. The Morgan fingerprint density at radius 2 is 1.85 bits per heavy atom. The van der Waals surface area contributed by atoms with Gasteiger partial charge >= 0.3 is 0 Å². The molecule has 1 heterocycles. The molecule has 0 fully saturated rings. The molecule has 0 saturated heterocycles. The summed E-state index contributed by atoms with van der Waals surface area (Å²) in [6.07, 6.45) is 1.08. The third-order valence-electron chi connectivity index (χ3n) is 3.51. The number of hydrogen-bond donors (Lipinski definition) is 1. The Labute approximate surface area is 126 Å². The molecule has 20 heavy (non-hydrogen) atoms. The molecule has 0 radical (unpaired) electrons. The Hall–Kier alpha value is -1.19. The van der Waals surface area contributed by atoms with Crippen molar-refractivity contribution in [2.24, 2.45) is 0 Å². The Kier molecular flexibility index (Phi) is 5.32. The van der Waals surface area contributed by atoms with Gasteiger partial charge in [-0.25, -0.2) is 4.98 Å². The van der Waals surface area contributed by atoms with Crippen LogP contribution in [0.3, 0.4) is 0 Å². The number of benzene rings is 1. The topological polar surface area (TPSA) is 24.9 Å². The summed E-state index contributed by atoms with van der Waals surface area (Å²) in [5, 5.41) is 6.90. The van der Waals surface area contributed by atoms with Gasteiger partial charge < -0.3 is 5.32 Å². The van der Waals surface area contributed by atoms with Crippen LogP contribution < -0.4 is 5.32 Å². The number of aryl methyl sites for hydroxylation is 1. The number of nitrogens with one attached hydrogen (secondary N) is 1. The summed E-state index contributed by atoms with van der Waals surface area (Å²) < 4.78 is 0. The first kappa shape index (κ1) is 15.2. The van der Waals surface area contributed by atoms with E-state index in [4.69, 9.17) is 4.98 Å². The third kappa shape index (κ3) is 3.47. The zero-order chi connectivity index (χ0) is 14.5. The van der Waals surface area contributed by atoms with Gasteiger partial charge in [-0.3, -0.25) is 0 Å². The van der Waals surface area contributed by atoms with Gasteiger partial charge in [-0.1, -0.05) is 52.0 Å². The molecule has 0 spiro atoms. The summed E-state index contributed by atoms with van der Waals surface area (Å²) in [5.41, 5.74) is 3.87. The summed E-state index contributed by atoms with van der Waals surface area (Å²) in [6.45, 7) is 9.65. The van der Waals surface area contributed by atoms with Crippen LogP contribution >= 0.6 is 11.3 Å². The zero-order valence-electron chi connectivity index (χ0n) is 12.8. The van der Waals surface area contributed by atoms with E-state index in [9.17, 15) is 0 Å². The van der Waals surface area contributed by atoms with Crippen LogP contribution in [0.15, 0.2) is 29.6 Å². The van der Waals surface area contributed by atoms with Crippen molar-refractivity contribution in [2.45, 2.75) is 46.1 Å². The molecule has 0 amide bonds. The first-order valence-corrected chi connectivity index (χ1v) is 8.31. The lowest BCUT2D eigenvalue weighted by atomic mass is 10.0. The molecular formula is C17H24N2S. The van der Waals surface area contributed by atoms with E-state index in [-0.39, 0.29) is 6.04 Å². The molecule has 0 bridgehead atoms. The number of aromatic nitrogens is 1. The van der Waals surface area contributed by atoms with Gasteiger partial charge in [0.25, 0.3) is 0 Å². The lowest BCUT2D eigenvalue weighted by Gasteiger charge is -2.16. The minimum atomic E-state index is 0.211. The monoisotopic (exact) mass is 288 g/mol. The third-order valence-corrected chi connectivity index (χ3v) is 4.44. The predicted octanol–water partition coefficient (Wildman–Crippen LogP) is 4.53. The van der Waals surface area contributed by atoms with Crippen molar-refractivity contribution >= 4 is 11.3 Å². The number of thiazole rings is 1. The molecule has 2 rings (SSSR count). The van der Waals surface area contributed by atoms with E-state index in [2.05, 4.69) is 62.7 Å². The highest BCUT2D eigenvalue weighted by molar-refractivity contribution is 7.09. The first-order valence-electron chi connectivity index (χ1n) is 7.43. The minimum Gasteiger partial charge on any atom is -0.305 e. The number of hydrogen-bond acceptors (Lipinski definition) is 3. The maximum absolute atomic E-state index is 4.80. The quantitative estimate of drug-likeness (QED) is 0.845. The summed E-state index contributed by atoms with van der Waals surface area (Å²) in [6, 6.07) is 9.10. The molecule has 0 saturated carbocycles. The molecule has 0 aliphatic heterocycles. The molecule has 1 N–H and O–H groups in total. The molecular weight excluding hydrogens is 264 g/mol. The van der Waals surface area contributed by atoms with Gasteiger partial charge in [0.2, 0.25) is 0 Å². The average Bonchev–Trinajstić information content (AvgIpc) is 2.95. The summed E-state index contributed by atoms with van der Waals surface area (Å²) in [7, 11) is 0. The number of rotatable bonds is 6. The Bertz CT molecular complexity index is 528. The lowest BCUT2D eigenvalue weighted by Crippen LogP contribution is -2.22. The largest absolute Gasteiger partial charge is 0.305 e. The van der Waals surface area contributed by atoms with Crippen LogP contribution in [0, 0.1) is 0 Å². The summed E-state index contributed by atoms with van der Waals surface area (Å²) in [4.78, 5) is 4.80. The van der Waals surface area contributed by atoms with E-state index in [0.29, 0.717) is 5.92 Å². The molecule has 3 heteroatoms. The Balaban J connectivity index is 2.28. The lowest BCUT2D eigenvalue weighted by molar-refractivity contribution is 0.623. The zero-order valence-corrected chi connectivity index (χ0v) is 13.6. The molecule has 1 aromatic carbocycles. The maximum atomic E-state index is 4.80. The first-order chi connectivity index (χ1) is 9.65. The second kappa shape index (κ2) is 7.00. The van der Waals surface area contributed by atoms with Gasteiger partial charge in [0.1, 0.15) is 5.01 Å². The fourth-order valence-electron chi connectivity index (χ4n) is 2.20. The van der Waals surface area contributed by atoms with Crippen molar-refractivity contribution in [3.63, 3.8) is 0 Å². The van der Waals surface area contributed by atoms with Crippen LogP contribution in [0.4, 0.5) is 0 Å². The molecule has 0 aliphatic carbocycles. The van der Waals surface area contributed by atoms with Gasteiger partial charge in [-0.2, -0.15) is 0 Å². The predicted molar refractivity (Wildman–Crippen MR) is 87.5 cm³/mol. The van der Waals surface area contributed by atoms with Crippen LogP contribution in [0.1, 0.15) is 61.5 Å². The van der Waals surface area contributed by atoms with Gasteiger partial charge in [0, 0.05) is 5.38 Å². The van der Waals surface area contributed by atoms with Gasteiger partial charge in [0.15, 0.2) is 0 Å². The van der Waals surface area contributed by atoms with Gasteiger partial charge in [0.05, 0.1) is 11.7 Å². The molecule has 108 valence electrons. The second-order valence-corrected chi connectivity index (χ2v) is 6.24. The SMILES string of the molecule is CCNC(c1ccc(CC)cc1)c1nc(C(C)C)cs1. The van der Waals surface area contributed by atoms with Crippen molar-refractivity contribution in [1.82, 2.24) is 10.3 Å². The molecule has 2 nitrogen and oxygen atoms in total. The van der Waals surface area contributed by atoms with E-state index in [0.717, 1.165) is 13.0 Å². The summed E-state index contributed by atoms with van der Waals surface area (Å²) >= 11 is 1.76. The molecule has 1 unspecified atom stereocenters. The van der Waals surface area contributed by atoms with E-state index >= 15 is 0 Å². The van der Waals surface area contributed by atoms with Crippen LogP contribution in [0.5, 0.6) is 0 Å². The highest BCUT2D eigenvalue weighted by Gasteiger charge is 2.17. The van der Waals surface area contributed by atoms with Crippen LogP contribution in [-0.2, 0) is 6.42 Å². The van der Waals surface area contributed by atoms with E-state index in [1.165, 1.54) is 21.8 Å². The van der Waals surface area contributed by atoms with Crippen molar-refractivity contribution in [3.05, 3.63) is 51.5 Å². The highest BCUT2D eigenvalue weighted by Crippen LogP contribution is 2.27. The second-order valence-electron chi connectivity index (χ2n) is 5.35. The Morgan fingerprint density at radius 1 is 1.15 bits per heavy atom. The molecule has 2 aromatic rings. The molecule has 1 atom stereocenters. The molecule has 0 aliphatic rings. The number of nitrogens with zero attached hydrogens (tertiary/aromatic N) is 1. The van der Waals surface area contributed by atoms with Gasteiger partial charge in [-0.05, 0) is 30.0 Å². The molecule has 1 aromatic heterocycles. The fourth-order valence-corrected chi connectivity index (χ4v) is 3.28. The standard InChI is InChI=1S/C17H24N2S/c1-5-13-7-9-14(10-8-13)16(18-6-2)17-19-15(11-20-17)12(3)4/h7-12,16,18H,5-6H2,1-4H3. The Morgan fingerprint density at radius 3 is 2.35 bits per heavy atom. The fraction of sp³-hybridized carbons (Fsp3) is 0.471. The van der Waals surface area contributed by atoms with Crippen molar-refractivity contribution in [1.29, 1.82) is 0 Å². The minimum absolute atomic E-state index is 0.211. The van der Waals surface area contributed by atoms with Crippen LogP contribution in [0.2, 0.25) is 0 Å². The van der Waals surface area contributed by atoms with Crippen molar-refractivity contribution in [2.75, 3.05) is 6.54 Å². The average molecular weight is 288 g/mol. The van der Waals surface area contributed by atoms with Crippen LogP contribution in [-0.4, -0.2) is 11.5 Å². The summed E-state index contributed by atoms with van der Waals surface area (Å²) in [5.74, 6) is 0.491. The van der Waals surface area contributed by atoms with E-state index in [1.54, 1.807) is 11.3 Å². The van der Waals surface area contributed by atoms with E-state index < -0.39 is 0 Å². The highest BCUT2D eigenvalue weighted by atomic mass is 32.1.